The minimum absolute atomic E-state index is 1.19. The Bertz CT molecular complexity index is 709. The number of para-hydroxylation sites is 1. The van der Waals surface area contributed by atoms with Gasteiger partial charge in [0, 0.05) is 22.2 Å². The Morgan fingerprint density at radius 3 is 2.33 bits per heavy atom. The van der Waals surface area contributed by atoms with Crippen LogP contribution in [0.15, 0.2) is 79.5 Å². The molecule has 0 fully saturated rings. The van der Waals surface area contributed by atoms with Crippen molar-refractivity contribution in [2.45, 2.75) is 34.6 Å². The van der Waals surface area contributed by atoms with Gasteiger partial charge in [-0.15, -0.1) is 0 Å². The van der Waals surface area contributed by atoms with Crippen LogP contribution < -0.4 is 0 Å². The predicted octanol–water partition coefficient (Wildman–Crippen LogP) is 7.40. The average molecular weight is 322 g/mol. The number of fused-ring (bicyclic) bond motifs is 1. The van der Waals surface area contributed by atoms with Crippen LogP contribution in [0.3, 0.4) is 0 Å². The lowest BCUT2D eigenvalue weighted by atomic mass is 10.1. The van der Waals surface area contributed by atoms with Crippen LogP contribution in [-0.4, -0.2) is 4.98 Å². The van der Waals surface area contributed by atoms with Gasteiger partial charge in [-0.3, -0.25) is 0 Å². The summed E-state index contributed by atoms with van der Waals surface area (Å²) in [6.07, 6.45) is 13.7. The van der Waals surface area contributed by atoms with Crippen LogP contribution in [0.1, 0.15) is 39.0 Å². The SMILES string of the molecule is C=C/C=C(C)\C=C/C.C=C/C=C\c1c(C)[nH]c2ccccc12.CC. The highest BCUT2D eigenvalue weighted by molar-refractivity contribution is 5.90. The number of benzene rings is 1. The van der Waals surface area contributed by atoms with Crippen LogP contribution in [0.4, 0.5) is 0 Å². The zero-order valence-corrected chi connectivity index (χ0v) is 15.8. The van der Waals surface area contributed by atoms with Gasteiger partial charge in [0.25, 0.3) is 0 Å². The molecule has 0 atom stereocenters. The van der Waals surface area contributed by atoms with E-state index in [0.29, 0.717) is 0 Å². The van der Waals surface area contributed by atoms with Crippen LogP contribution in [0.25, 0.3) is 17.0 Å². The summed E-state index contributed by atoms with van der Waals surface area (Å²) in [7, 11) is 0. The molecule has 0 aliphatic rings. The van der Waals surface area contributed by atoms with Crippen molar-refractivity contribution in [3.63, 3.8) is 0 Å². The lowest BCUT2D eigenvalue weighted by Gasteiger charge is -1.91. The molecular formula is C23H31N. The molecule has 0 spiro atoms. The van der Waals surface area contributed by atoms with Gasteiger partial charge in [-0.1, -0.05) is 93.3 Å². The molecule has 2 aromatic rings. The molecule has 0 radical (unpaired) electrons. The second-order valence-corrected chi connectivity index (χ2v) is 4.95. The molecule has 1 heteroatoms. The first-order valence-electron chi connectivity index (χ1n) is 8.42. The number of nitrogens with one attached hydrogen (secondary N) is 1. The van der Waals surface area contributed by atoms with E-state index < -0.39 is 0 Å². The molecule has 128 valence electrons. The van der Waals surface area contributed by atoms with Gasteiger partial charge in [-0.2, -0.15) is 0 Å². The van der Waals surface area contributed by atoms with Gasteiger partial charge in [0.1, 0.15) is 0 Å². The highest BCUT2D eigenvalue weighted by Crippen LogP contribution is 2.22. The number of H-pyrrole nitrogens is 1. The lowest BCUT2D eigenvalue weighted by molar-refractivity contribution is 1.29. The summed E-state index contributed by atoms with van der Waals surface area (Å²) in [6.45, 7) is 17.4. The molecule has 0 saturated carbocycles. The molecule has 1 N–H and O–H groups in total. The van der Waals surface area contributed by atoms with Crippen molar-refractivity contribution < 1.29 is 0 Å². The minimum Gasteiger partial charge on any atom is -0.358 e. The normalized spacial score (nSPS) is 11.0. The van der Waals surface area contributed by atoms with E-state index in [1.165, 1.54) is 27.7 Å². The van der Waals surface area contributed by atoms with E-state index >= 15 is 0 Å². The fraction of sp³-hybridized carbons (Fsp3) is 0.217. The fourth-order valence-corrected chi connectivity index (χ4v) is 2.18. The molecule has 0 saturated heterocycles. The molecule has 1 aromatic carbocycles. The summed E-state index contributed by atoms with van der Waals surface area (Å²) in [6, 6.07) is 8.31. The Balaban J connectivity index is 0.000000456. The van der Waals surface area contributed by atoms with Crippen molar-refractivity contribution in [3.05, 3.63) is 90.7 Å². The quantitative estimate of drug-likeness (QED) is 0.565. The van der Waals surface area contributed by atoms with Crippen LogP contribution in [0, 0.1) is 6.92 Å². The lowest BCUT2D eigenvalue weighted by Crippen LogP contribution is -1.72. The molecule has 2 rings (SSSR count). The van der Waals surface area contributed by atoms with Gasteiger partial charge < -0.3 is 4.98 Å². The largest absolute Gasteiger partial charge is 0.358 e. The van der Waals surface area contributed by atoms with Crippen molar-refractivity contribution in [3.8, 4) is 0 Å². The number of hydrogen-bond acceptors (Lipinski definition) is 0. The third-order valence-corrected chi connectivity index (χ3v) is 3.15. The standard InChI is InChI=1S/C13H13N.C8H12.C2H6/c1-3-4-7-11-10(2)14-13-9-6-5-8-12(11)13;1-4-6-8(3)7-5-2;1-2/h3-9,14H,1H2,2H3;4-7H,1H2,2-3H3;1-2H3/b7-4-;7-5-,8-6-;. The van der Waals surface area contributed by atoms with Crippen molar-refractivity contribution >= 4 is 17.0 Å². The van der Waals surface area contributed by atoms with E-state index in [9.17, 15) is 0 Å². The number of aryl methyl sites for hydroxylation is 1. The maximum atomic E-state index is 3.67. The van der Waals surface area contributed by atoms with Gasteiger partial charge in [0.05, 0.1) is 0 Å². The number of aromatic nitrogens is 1. The van der Waals surface area contributed by atoms with Crippen molar-refractivity contribution in [1.82, 2.24) is 4.98 Å². The number of rotatable bonds is 4. The van der Waals surface area contributed by atoms with E-state index in [1.54, 1.807) is 12.2 Å². The predicted molar refractivity (Wildman–Crippen MR) is 112 cm³/mol. The monoisotopic (exact) mass is 321 g/mol. The van der Waals surface area contributed by atoms with Gasteiger partial charge in [0.15, 0.2) is 0 Å². The Labute approximate surface area is 147 Å². The molecule has 24 heavy (non-hydrogen) atoms. The zero-order chi connectivity index (χ0) is 18.4. The summed E-state index contributed by atoms with van der Waals surface area (Å²) in [5, 5.41) is 1.27. The molecule has 1 heterocycles. The molecule has 0 aliphatic heterocycles. The van der Waals surface area contributed by atoms with E-state index in [4.69, 9.17) is 0 Å². The third-order valence-electron chi connectivity index (χ3n) is 3.15. The maximum Gasteiger partial charge on any atom is 0.0462 e. The summed E-state index contributed by atoms with van der Waals surface area (Å²) >= 11 is 0. The van der Waals surface area contributed by atoms with E-state index in [1.807, 2.05) is 58.1 Å². The molecule has 0 bridgehead atoms. The van der Waals surface area contributed by atoms with E-state index in [-0.39, 0.29) is 0 Å². The Kier molecular flexibility index (Phi) is 11.6. The highest BCUT2D eigenvalue weighted by Gasteiger charge is 2.03. The summed E-state index contributed by atoms with van der Waals surface area (Å²) < 4.78 is 0. The van der Waals surface area contributed by atoms with Crippen LogP contribution in [-0.2, 0) is 0 Å². The van der Waals surface area contributed by atoms with Crippen molar-refractivity contribution in [2.75, 3.05) is 0 Å². The minimum atomic E-state index is 1.19. The fourth-order valence-electron chi connectivity index (χ4n) is 2.18. The maximum absolute atomic E-state index is 3.67. The Morgan fingerprint density at radius 1 is 1.08 bits per heavy atom. The van der Waals surface area contributed by atoms with Crippen LogP contribution in [0.5, 0.6) is 0 Å². The average Bonchev–Trinajstić information content (AvgIpc) is 2.91. The second-order valence-electron chi connectivity index (χ2n) is 4.95. The molecule has 0 aliphatic carbocycles. The first-order chi connectivity index (χ1) is 11.6. The second kappa shape index (κ2) is 13.0. The first-order valence-corrected chi connectivity index (χ1v) is 8.42. The first kappa shape index (κ1) is 21.5. The molecule has 0 unspecified atom stereocenters. The van der Waals surface area contributed by atoms with Crippen molar-refractivity contribution in [2.24, 2.45) is 0 Å². The number of aromatic amines is 1. The Morgan fingerprint density at radius 2 is 1.75 bits per heavy atom. The summed E-state index contributed by atoms with van der Waals surface area (Å²) in [4.78, 5) is 3.35. The number of hydrogen-bond donors (Lipinski definition) is 1. The smallest absolute Gasteiger partial charge is 0.0462 e. The highest BCUT2D eigenvalue weighted by atomic mass is 14.7. The third kappa shape index (κ3) is 7.15. The molecular weight excluding hydrogens is 290 g/mol. The summed E-state index contributed by atoms with van der Waals surface area (Å²) in [5.41, 5.74) is 4.88. The van der Waals surface area contributed by atoms with Crippen LogP contribution in [0.2, 0.25) is 0 Å². The molecule has 1 aromatic heterocycles. The van der Waals surface area contributed by atoms with Gasteiger partial charge in [-0.25, -0.2) is 0 Å². The summed E-state index contributed by atoms with van der Waals surface area (Å²) in [5.74, 6) is 0. The molecule has 0 amide bonds. The Hall–Kier alpha value is -2.54. The van der Waals surface area contributed by atoms with E-state index in [0.717, 1.165) is 0 Å². The van der Waals surface area contributed by atoms with Gasteiger partial charge >= 0.3 is 0 Å². The van der Waals surface area contributed by atoms with Gasteiger partial charge in [0.2, 0.25) is 0 Å². The molecule has 1 nitrogen and oxygen atoms in total. The van der Waals surface area contributed by atoms with E-state index in [2.05, 4.69) is 49.3 Å². The van der Waals surface area contributed by atoms with Crippen LogP contribution >= 0.6 is 0 Å². The van der Waals surface area contributed by atoms with Crippen molar-refractivity contribution in [1.29, 1.82) is 0 Å². The topological polar surface area (TPSA) is 15.8 Å². The van der Waals surface area contributed by atoms with Gasteiger partial charge in [-0.05, 0) is 26.8 Å². The zero-order valence-electron chi connectivity index (χ0n) is 15.8. The number of allylic oxidation sites excluding steroid dienone is 7.